The number of pyridine rings is 1. The number of methoxy groups -OCH3 is 1. The minimum atomic E-state index is 0.837. The van der Waals surface area contributed by atoms with Crippen molar-refractivity contribution in [2.45, 2.75) is 13.8 Å². The summed E-state index contributed by atoms with van der Waals surface area (Å²) in [5, 5.41) is 0. The van der Waals surface area contributed by atoms with Crippen molar-refractivity contribution in [2.75, 3.05) is 44.7 Å². The van der Waals surface area contributed by atoms with Crippen LogP contribution >= 0.6 is 0 Å². The molecule has 17 heavy (non-hydrogen) atoms. The van der Waals surface area contributed by atoms with Crippen molar-refractivity contribution >= 4 is 5.69 Å². The van der Waals surface area contributed by atoms with Crippen LogP contribution in [0.1, 0.15) is 12.6 Å². The van der Waals surface area contributed by atoms with E-state index in [4.69, 9.17) is 4.74 Å². The number of hydrogen-bond acceptors (Lipinski definition) is 4. The Hall–Kier alpha value is -1.29. The fourth-order valence-corrected chi connectivity index (χ4v) is 2.24. The Labute approximate surface area is 103 Å². The Morgan fingerprint density at radius 1 is 1.29 bits per heavy atom. The van der Waals surface area contributed by atoms with Crippen molar-refractivity contribution in [3.05, 3.63) is 18.0 Å². The lowest BCUT2D eigenvalue weighted by Gasteiger charge is -2.36. The van der Waals surface area contributed by atoms with E-state index in [9.17, 15) is 0 Å². The van der Waals surface area contributed by atoms with Gasteiger partial charge >= 0.3 is 0 Å². The molecule has 1 aromatic heterocycles. The molecule has 0 bridgehead atoms. The third kappa shape index (κ3) is 2.69. The highest BCUT2D eigenvalue weighted by atomic mass is 16.5. The van der Waals surface area contributed by atoms with Crippen LogP contribution in [0.5, 0.6) is 5.75 Å². The molecule has 94 valence electrons. The second kappa shape index (κ2) is 5.36. The lowest BCUT2D eigenvalue weighted by atomic mass is 10.2. The Balaban J connectivity index is 2.12. The zero-order chi connectivity index (χ0) is 12.3. The molecule has 0 radical (unpaired) electrons. The second-order valence-electron chi connectivity index (χ2n) is 4.40. The number of aryl methyl sites for hydroxylation is 1. The molecule has 0 aliphatic carbocycles. The normalized spacial score (nSPS) is 17.2. The zero-order valence-corrected chi connectivity index (χ0v) is 10.9. The number of likely N-dealkylation sites (N-methyl/N-ethyl adjacent to an activating group) is 1. The number of hydrogen-bond donors (Lipinski definition) is 0. The summed E-state index contributed by atoms with van der Waals surface area (Å²) < 4.78 is 5.24. The summed E-state index contributed by atoms with van der Waals surface area (Å²) in [4.78, 5) is 9.26. The Bertz CT molecular complexity index is 373. The van der Waals surface area contributed by atoms with Crippen molar-refractivity contribution in [1.29, 1.82) is 0 Å². The standard InChI is InChI=1S/C13H21N3O/c1-4-15-5-7-16(8-6-15)13-9-12(17-3)10-14-11(13)2/h9-10H,4-8H2,1-3H3. The number of nitrogens with zero attached hydrogens (tertiary/aromatic N) is 3. The molecular formula is C13H21N3O. The maximum Gasteiger partial charge on any atom is 0.139 e. The van der Waals surface area contributed by atoms with Gasteiger partial charge in [0, 0.05) is 32.2 Å². The molecule has 0 N–H and O–H groups in total. The highest BCUT2D eigenvalue weighted by Gasteiger charge is 2.18. The lowest BCUT2D eigenvalue weighted by molar-refractivity contribution is 0.271. The second-order valence-corrected chi connectivity index (χ2v) is 4.40. The van der Waals surface area contributed by atoms with Gasteiger partial charge in [0.2, 0.25) is 0 Å². The number of rotatable bonds is 3. The van der Waals surface area contributed by atoms with Crippen molar-refractivity contribution in [3.63, 3.8) is 0 Å². The van der Waals surface area contributed by atoms with Gasteiger partial charge in [-0.25, -0.2) is 0 Å². The third-order valence-corrected chi connectivity index (χ3v) is 3.43. The summed E-state index contributed by atoms with van der Waals surface area (Å²) in [6.45, 7) is 9.82. The van der Waals surface area contributed by atoms with E-state index < -0.39 is 0 Å². The summed E-state index contributed by atoms with van der Waals surface area (Å²) in [5.41, 5.74) is 2.29. The van der Waals surface area contributed by atoms with Crippen molar-refractivity contribution < 1.29 is 4.74 Å². The molecule has 0 unspecified atom stereocenters. The fraction of sp³-hybridized carbons (Fsp3) is 0.615. The van der Waals surface area contributed by atoms with E-state index in [1.807, 2.05) is 0 Å². The fourth-order valence-electron chi connectivity index (χ4n) is 2.24. The molecule has 1 saturated heterocycles. The van der Waals surface area contributed by atoms with Gasteiger partial charge in [0.1, 0.15) is 5.75 Å². The largest absolute Gasteiger partial charge is 0.495 e. The summed E-state index contributed by atoms with van der Waals surface area (Å²) in [6.07, 6.45) is 1.78. The number of ether oxygens (including phenoxy) is 1. The average Bonchev–Trinajstić information content (AvgIpc) is 2.39. The van der Waals surface area contributed by atoms with E-state index in [-0.39, 0.29) is 0 Å². The van der Waals surface area contributed by atoms with E-state index in [1.54, 1.807) is 13.3 Å². The zero-order valence-electron chi connectivity index (χ0n) is 10.9. The van der Waals surface area contributed by atoms with E-state index in [1.165, 1.54) is 5.69 Å². The predicted molar refractivity (Wildman–Crippen MR) is 69.9 cm³/mol. The van der Waals surface area contributed by atoms with E-state index >= 15 is 0 Å². The minimum absolute atomic E-state index is 0.837. The molecule has 1 aliphatic rings. The molecule has 0 spiro atoms. The predicted octanol–water partition coefficient (Wildman–Crippen LogP) is 1.54. The highest BCUT2D eigenvalue weighted by Crippen LogP contribution is 2.24. The molecule has 0 saturated carbocycles. The summed E-state index contributed by atoms with van der Waals surface area (Å²) in [7, 11) is 1.69. The van der Waals surface area contributed by atoms with Crippen LogP contribution in [0.15, 0.2) is 12.3 Å². The third-order valence-electron chi connectivity index (χ3n) is 3.43. The van der Waals surface area contributed by atoms with Gasteiger partial charge in [-0.05, 0) is 13.5 Å². The number of aromatic nitrogens is 1. The van der Waals surface area contributed by atoms with Gasteiger partial charge < -0.3 is 14.5 Å². The first kappa shape index (κ1) is 12.2. The van der Waals surface area contributed by atoms with Crippen LogP contribution in [0.4, 0.5) is 5.69 Å². The van der Waals surface area contributed by atoms with Crippen LogP contribution in [0.25, 0.3) is 0 Å². The highest BCUT2D eigenvalue weighted by molar-refractivity contribution is 5.53. The van der Waals surface area contributed by atoms with Gasteiger partial charge in [0.25, 0.3) is 0 Å². The van der Waals surface area contributed by atoms with Gasteiger partial charge in [-0.3, -0.25) is 4.98 Å². The molecule has 4 nitrogen and oxygen atoms in total. The van der Waals surface area contributed by atoms with Gasteiger partial charge in [-0.15, -0.1) is 0 Å². The first-order chi connectivity index (χ1) is 8.24. The van der Waals surface area contributed by atoms with Crippen LogP contribution in [-0.2, 0) is 0 Å². The van der Waals surface area contributed by atoms with Crippen molar-refractivity contribution in [3.8, 4) is 5.75 Å². The molecule has 1 aromatic rings. The molecule has 0 aromatic carbocycles. The summed E-state index contributed by atoms with van der Waals surface area (Å²) in [5.74, 6) is 0.837. The molecule has 2 heterocycles. The molecule has 1 fully saturated rings. The minimum Gasteiger partial charge on any atom is -0.495 e. The first-order valence-electron chi connectivity index (χ1n) is 6.22. The van der Waals surface area contributed by atoms with Gasteiger partial charge in [-0.1, -0.05) is 6.92 Å². The molecule has 0 atom stereocenters. The molecular weight excluding hydrogens is 214 g/mol. The van der Waals surface area contributed by atoms with Gasteiger partial charge in [0.15, 0.2) is 0 Å². The Kier molecular flexibility index (Phi) is 3.84. The SMILES string of the molecule is CCN1CCN(c2cc(OC)cnc2C)CC1. The maximum atomic E-state index is 5.24. The van der Waals surface area contributed by atoms with Crippen LogP contribution < -0.4 is 9.64 Å². The smallest absolute Gasteiger partial charge is 0.139 e. The monoisotopic (exact) mass is 235 g/mol. The molecule has 2 rings (SSSR count). The van der Waals surface area contributed by atoms with Crippen molar-refractivity contribution in [2.24, 2.45) is 0 Å². The van der Waals surface area contributed by atoms with E-state index in [2.05, 4.69) is 34.7 Å². The Morgan fingerprint density at radius 3 is 2.59 bits per heavy atom. The first-order valence-corrected chi connectivity index (χ1v) is 6.22. The summed E-state index contributed by atoms with van der Waals surface area (Å²) >= 11 is 0. The quantitative estimate of drug-likeness (QED) is 0.794. The lowest BCUT2D eigenvalue weighted by Crippen LogP contribution is -2.46. The summed E-state index contributed by atoms with van der Waals surface area (Å²) in [6, 6.07) is 2.09. The van der Waals surface area contributed by atoms with E-state index in [0.29, 0.717) is 0 Å². The Morgan fingerprint density at radius 2 is 2.00 bits per heavy atom. The van der Waals surface area contributed by atoms with E-state index in [0.717, 1.165) is 44.2 Å². The molecule has 0 amide bonds. The topological polar surface area (TPSA) is 28.6 Å². The number of anilines is 1. The van der Waals surface area contributed by atoms with Crippen LogP contribution in [0.2, 0.25) is 0 Å². The van der Waals surface area contributed by atoms with Gasteiger partial charge in [0.05, 0.1) is 24.7 Å². The van der Waals surface area contributed by atoms with Gasteiger partial charge in [-0.2, -0.15) is 0 Å². The molecule has 4 heteroatoms. The average molecular weight is 235 g/mol. The number of piperazine rings is 1. The maximum absolute atomic E-state index is 5.24. The van der Waals surface area contributed by atoms with Crippen molar-refractivity contribution in [1.82, 2.24) is 9.88 Å². The molecule has 1 aliphatic heterocycles. The van der Waals surface area contributed by atoms with Crippen LogP contribution in [-0.4, -0.2) is 49.7 Å². The van der Waals surface area contributed by atoms with Crippen LogP contribution in [0, 0.1) is 6.92 Å². The van der Waals surface area contributed by atoms with Crippen LogP contribution in [0.3, 0.4) is 0 Å².